The zero-order valence-electron chi connectivity index (χ0n) is 8.73. The van der Waals surface area contributed by atoms with Crippen LogP contribution in [0.4, 0.5) is 0 Å². The molecule has 0 spiro atoms. The van der Waals surface area contributed by atoms with Crippen molar-refractivity contribution >= 4 is 16.6 Å². The van der Waals surface area contributed by atoms with E-state index >= 15 is 0 Å². The Hall–Kier alpha value is -2.23. The van der Waals surface area contributed by atoms with Crippen molar-refractivity contribution < 1.29 is 4.74 Å². The molecule has 0 atom stereocenters. The molecule has 0 aliphatic rings. The number of aromatic nitrogens is 2. The predicted octanol–water partition coefficient (Wildman–Crippen LogP) is 1.79. The Morgan fingerprint density at radius 1 is 1.19 bits per heavy atom. The summed E-state index contributed by atoms with van der Waals surface area (Å²) in [6.45, 7) is 0. The molecule has 3 aromatic rings. The van der Waals surface area contributed by atoms with Crippen LogP contribution in [0, 0.1) is 0 Å². The monoisotopic (exact) mass is 214 g/mol. The summed E-state index contributed by atoms with van der Waals surface area (Å²) in [5, 5.41) is 0. The fourth-order valence-electron chi connectivity index (χ4n) is 1.97. The topological polar surface area (TPSA) is 46.5 Å². The van der Waals surface area contributed by atoms with Crippen LogP contribution in [0.2, 0.25) is 0 Å². The second kappa shape index (κ2) is 3.13. The van der Waals surface area contributed by atoms with E-state index in [-0.39, 0.29) is 5.56 Å². The molecule has 0 unspecified atom stereocenters. The first-order valence-electron chi connectivity index (χ1n) is 4.97. The lowest BCUT2D eigenvalue weighted by molar-refractivity contribution is 0.418. The van der Waals surface area contributed by atoms with Crippen molar-refractivity contribution in [1.29, 1.82) is 0 Å². The van der Waals surface area contributed by atoms with Gasteiger partial charge in [0, 0.05) is 6.20 Å². The van der Waals surface area contributed by atoms with Crippen molar-refractivity contribution in [3.63, 3.8) is 0 Å². The minimum absolute atomic E-state index is 0.109. The normalized spacial score (nSPS) is 11.1. The lowest BCUT2D eigenvalue weighted by Crippen LogP contribution is -2.09. The zero-order valence-corrected chi connectivity index (χ0v) is 8.73. The van der Waals surface area contributed by atoms with Crippen molar-refractivity contribution in [3.8, 4) is 5.75 Å². The Balaban J connectivity index is 2.63. The van der Waals surface area contributed by atoms with Crippen molar-refractivity contribution in [1.82, 2.24) is 9.38 Å². The summed E-state index contributed by atoms with van der Waals surface area (Å²) in [4.78, 5) is 14.6. The molecule has 0 saturated carbocycles. The number of hydrogen-bond acceptors (Lipinski definition) is 2. The maximum Gasteiger partial charge on any atom is 0.272 e. The summed E-state index contributed by atoms with van der Waals surface area (Å²) in [5.74, 6) is 0.671. The van der Waals surface area contributed by atoms with Gasteiger partial charge in [-0.3, -0.25) is 4.79 Å². The average molecular weight is 214 g/mol. The van der Waals surface area contributed by atoms with E-state index in [0.717, 1.165) is 11.0 Å². The predicted molar refractivity (Wildman–Crippen MR) is 62.1 cm³/mol. The number of para-hydroxylation sites is 1. The third-order valence-corrected chi connectivity index (χ3v) is 2.70. The third kappa shape index (κ3) is 1.07. The van der Waals surface area contributed by atoms with Crippen LogP contribution in [0.25, 0.3) is 16.6 Å². The second-order valence-corrected chi connectivity index (χ2v) is 3.57. The van der Waals surface area contributed by atoms with Gasteiger partial charge in [-0.05, 0) is 24.3 Å². The van der Waals surface area contributed by atoms with Gasteiger partial charge in [-0.25, -0.2) is 0 Å². The molecule has 2 aromatic heterocycles. The molecule has 3 rings (SSSR count). The van der Waals surface area contributed by atoms with Crippen molar-refractivity contribution in [3.05, 3.63) is 46.9 Å². The first-order valence-corrected chi connectivity index (χ1v) is 4.97. The number of rotatable bonds is 1. The van der Waals surface area contributed by atoms with Crippen LogP contribution >= 0.6 is 0 Å². The highest BCUT2D eigenvalue weighted by molar-refractivity contribution is 5.83. The smallest absolute Gasteiger partial charge is 0.272 e. The van der Waals surface area contributed by atoms with E-state index in [9.17, 15) is 4.79 Å². The molecule has 0 radical (unpaired) electrons. The molecule has 0 amide bonds. The number of methoxy groups -OCH3 is 1. The van der Waals surface area contributed by atoms with E-state index in [2.05, 4.69) is 4.98 Å². The molecule has 0 bridgehead atoms. The zero-order chi connectivity index (χ0) is 11.1. The Kier molecular flexibility index (Phi) is 1.77. The molecule has 0 fully saturated rings. The highest BCUT2D eigenvalue weighted by atomic mass is 16.5. The number of nitrogens with zero attached hydrogens (tertiary/aromatic N) is 1. The Morgan fingerprint density at radius 3 is 2.81 bits per heavy atom. The summed E-state index contributed by atoms with van der Waals surface area (Å²) in [5.41, 5.74) is 2.18. The molecule has 4 heteroatoms. The molecule has 0 aliphatic carbocycles. The number of nitrogens with one attached hydrogen (secondary N) is 1. The lowest BCUT2D eigenvalue weighted by Gasteiger charge is -2.06. The molecule has 0 aliphatic heterocycles. The van der Waals surface area contributed by atoms with Gasteiger partial charge in [0.05, 0.1) is 12.6 Å². The molecule has 80 valence electrons. The number of aromatic amines is 1. The van der Waals surface area contributed by atoms with Crippen molar-refractivity contribution in [2.75, 3.05) is 7.11 Å². The van der Waals surface area contributed by atoms with E-state index in [1.165, 1.54) is 0 Å². The maximum absolute atomic E-state index is 11.8. The number of fused-ring (bicyclic) bond motifs is 3. The fourth-order valence-corrected chi connectivity index (χ4v) is 1.97. The molecule has 4 nitrogen and oxygen atoms in total. The first-order chi connectivity index (χ1) is 7.81. The third-order valence-electron chi connectivity index (χ3n) is 2.70. The Labute approximate surface area is 91.1 Å². The van der Waals surface area contributed by atoms with E-state index in [4.69, 9.17) is 4.74 Å². The SMILES string of the molecule is COc1cccc2c1[nH]c(=O)c1cccn12. The minimum Gasteiger partial charge on any atom is -0.494 e. The van der Waals surface area contributed by atoms with Gasteiger partial charge in [-0.1, -0.05) is 6.07 Å². The molecule has 1 aromatic carbocycles. The Morgan fingerprint density at radius 2 is 2.00 bits per heavy atom. The van der Waals surface area contributed by atoms with Crippen molar-refractivity contribution in [2.45, 2.75) is 0 Å². The summed E-state index contributed by atoms with van der Waals surface area (Å²) >= 11 is 0. The summed E-state index contributed by atoms with van der Waals surface area (Å²) in [6, 6.07) is 9.31. The molecular weight excluding hydrogens is 204 g/mol. The molecular formula is C12H10N2O2. The van der Waals surface area contributed by atoms with E-state index in [1.807, 2.05) is 34.9 Å². The van der Waals surface area contributed by atoms with E-state index in [0.29, 0.717) is 11.3 Å². The maximum atomic E-state index is 11.8. The van der Waals surface area contributed by atoms with Crippen LogP contribution in [0.3, 0.4) is 0 Å². The van der Waals surface area contributed by atoms with E-state index < -0.39 is 0 Å². The molecule has 0 saturated heterocycles. The summed E-state index contributed by atoms with van der Waals surface area (Å²) < 4.78 is 7.08. The van der Waals surface area contributed by atoms with Gasteiger partial charge in [0.15, 0.2) is 0 Å². The Bertz CT molecular complexity index is 725. The minimum atomic E-state index is -0.109. The molecule has 2 heterocycles. The van der Waals surface area contributed by atoms with Crippen LogP contribution in [0.5, 0.6) is 5.75 Å². The average Bonchev–Trinajstić information content (AvgIpc) is 2.78. The van der Waals surface area contributed by atoms with Crippen LogP contribution in [0.1, 0.15) is 0 Å². The van der Waals surface area contributed by atoms with Gasteiger partial charge in [-0.15, -0.1) is 0 Å². The molecule has 16 heavy (non-hydrogen) atoms. The summed E-state index contributed by atoms with van der Waals surface area (Å²) in [6.07, 6.45) is 1.87. The number of benzene rings is 1. The van der Waals surface area contributed by atoms with Crippen LogP contribution in [-0.2, 0) is 0 Å². The second-order valence-electron chi connectivity index (χ2n) is 3.57. The van der Waals surface area contributed by atoms with E-state index in [1.54, 1.807) is 13.2 Å². The largest absolute Gasteiger partial charge is 0.494 e. The highest BCUT2D eigenvalue weighted by Gasteiger charge is 2.07. The number of hydrogen-bond donors (Lipinski definition) is 1. The number of H-pyrrole nitrogens is 1. The van der Waals surface area contributed by atoms with Crippen LogP contribution < -0.4 is 10.3 Å². The van der Waals surface area contributed by atoms with Gasteiger partial charge < -0.3 is 14.1 Å². The number of ether oxygens (including phenoxy) is 1. The van der Waals surface area contributed by atoms with Crippen LogP contribution in [0.15, 0.2) is 41.3 Å². The van der Waals surface area contributed by atoms with Gasteiger partial charge >= 0.3 is 0 Å². The standard InChI is InChI=1S/C12H10N2O2/c1-16-10-6-2-4-8-11(10)13-12(15)9-5-3-7-14(8)9/h2-7H,1H3,(H,13,15). The lowest BCUT2D eigenvalue weighted by atomic mass is 10.2. The first kappa shape index (κ1) is 9.03. The summed E-state index contributed by atoms with van der Waals surface area (Å²) in [7, 11) is 1.59. The van der Waals surface area contributed by atoms with Gasteiger partial charge in [0.2, 0.25) is 0 Å². The van der Waals surface area contributed by atoms with Gasteiger partial charge in [0.1, 0.15) is 16.8 Å². The molecule has 1 N–H and O–H groups in total. The van der Waals surface area contributed by atoms with Gasteiger partial charge in [-0.2, -0.15) is 0 Å². The van der Waals surface area contributed by atoms with Crippen molar-refractivity contribution in [2.24, 2.45) is 0 Å². The quantitative estimate of drug-likeness (QED) is 0.671. The van der Waals surface area contributed by atoms with Gasteiger partial charge in [0.25, 0.3) is 5.56 Å². The van der Waals surface area contributed by atoms with Crippen LogP contribution in [-0.4, -0.2) is 16.5 Å². The fraction of sp³-hybridized carbons (Fsp3) is 0.0833. The highest BCUT2D eigenvalue weighted by Crippen LogP contribution is 2.22.